The molecule has 5 heterocycles. The van der Waals surface area contributed by atoms with E-state index in [1.807, 2.05) is 36.8 Å². The Morgan fingerprint density at radius 3 is 2.75 bits per heavy atom. The molecule has 0 aliphatic carbocycles. The number of ether oxygens (including phenoxy) is 2. The lowest BCUT2D eigenvalue weighted by Gasteiger charge is -2.28. The van der Waals surface area contributed by atoms with Crippen molar-refractivity contribution in [1.82, 2.24) is 15.3 Å². The summed E-state index contributed by atoms with van der Waals surface area (Å²) in [5, 5.41) is 4.38. The number of rotatable bonds is 4. The minimum absolute atomic E-state index is 0.0561. The van der Waals surface area contributed by atoms with Gasteiger partial charge in [0, 0.05) is 36.4 Å². The molecule has 0 spiro atoms. The predicted molar refractivity (Wildman–Crippen MR) is 125 cm³/mol. The fraction of sp³-hybridized carbons (Fsp3) is 0.292. The second-order valence-corrected chi connectivity index (χ2v) is 8.03. The summed E-state index contributed by atoms with van der Waals surface area (Å²) in [5.74, 6) is 1.25. The van der Waals surface area contributed by atoms with Crippen LogP contribution in [0.25, 0.3) is 16.6 Å². The van der Waals surface area contributed by atoms with Crippen LogP contribution < -0.4 is 10.2 Å². The molecule has 3 aromatic rings. The summed E-state index contributed by atoms with van der Waals surface area (Å²) in [5.41, 5.74) is 5.33. The molecule has 0 amide bonds. The number of fused-ring (bicyclic) bond motifs is 1. The van der Waals surface area contributed by atoms with Crippen LogP contribution in [-0.2, 0) is 9.47 Å². The van der Waals surface area contributed by atoms with Crippen molar-refractivity contribution >= 4 is 34.0 Å². The average molecular weight is 428 g/mol. The number of aliphatic imine (C=N–C) groups is 2. The second kappa shape index (κ2) is 8.12. The van der Waals surface area contributed by atoms with E-state index >= 15 is 0 Å². The number of aromatic nitrogens is 2. The summed E-state index contributed by atoms with van der Waals surface area (Å²) < 4.78 is 11.5. The number of H-pyrrole nitrogens is 1. The number of nitrogens with one attached hydrogen (secondary N) is 2. The molecule has 0 unspecified atom stereocenters. The first-order valence-electron chi connectivity index (χ1n) is 10.9. The third-order valence-electron chi connectivity index (χ3n) is 6.06. The lowest BCUT2D eigenvalue weighted by Crippen LogP contribution is -2.36. The summed E-state index contributed by atoms with van der Waals surface area (Å²) in [4.78, 5) is 19.5. The summed E-state index contributed by atoms with van der Waals surface area (Å²) >= 11 is 0. The highest BCUT2D eigenvalue weighted by molar-refractivity contribution is 6.39. The van der Waals surface area contributed by atoms with E-state index in [1.165, 1.54) is 0 Å². The Morgan fingerprint density at radius 1 is 1.06 bits per heavy atom. The molecule has 1 fully saturated rings. The van der Waals surface area contributed by atoms with Gasteiger partial charge in [-0.2, -0.15) is 0 Å². The largest absolute Gasteiger partial charge is 0.465 e. The fourth-order valence-electron chi connectivity index (χ4n) is 4.30. The summed E-state index contributed by atoms with van der Waals surface area (Å²) in [6.07, 6.45) is 5.87. The minimum atomic E-state index is -0.0561. The van der Waals surface area contributed by atoms with Gasteiger partial charge in [-0.25, -0.2) is 9.98 Å². The van der Waals surface area contributed by atoms with Gasteiger partial charge >= 0.3 is 0 Å². The molecular weight excluding hydrogens is 404 g/mol. The summed E-state index contributed by atoms with van der Waals surface area (Å²) in [6.45, 7) is 4.43. The maximum atomic E-state index is 6.06. The van der Waals surface area contributed by atoms with Gasteiger partial charge in [0.25, 0.3) is 5.90 Å². The molecule has 1 atom stereocenters. The van der Waals surface area contributed by atoms with Crippen LogP contribution in [0, 0.1) is 0 Å². The molecular formula is C24H24N6O2. The number of morpholine rings is 1. The highest BCUT2D eigenvalue weighted by atomic mass is 16.5. The predicted octanol–water partition coefficient (Wildman–Crippen LogP) is 2.91. The van der Waals surface area contributed by atoms with Gasteiger partial charge in [0.05, 0.1) is 38.2 Å². The van der Waals surface area contributed by atoms with Crippen LogP contribution in [0.5, 0.6) is 0 Å². The normalized spacial score (nSPS) is 20.9. The molecule has 1 saturated heterocycles. The van der Waals surface area contributed by atoms with Gasteiger partial charge in [0.15, 0.2) is 5.84 Å². The maximum Gasteiger partial charge on any atom is 0.253 e. The number of amidine groups is 1. The van der Waals surface area contributed by atoms with Crippen LogP contribution in [0.1, 0.15) is 17.2 Å². The van der Waals surface area contributed by atoms with Crippen molar-refractivity contribution in [2.24, 2.45) is 9.98 Å². The number of hydrogen-bond donors (Lipinski definition) is 2. The number of pyridine rings is 1. The molecule has 0 saturated carbocycles. The smallest absolute Gasteiger partial charge is 0.253 e. The Kier molecular flexibility index (Phi) is 4.84. The number of nitrogens with zero attached hydrogens (tertiary/aromatic N) is 4. The van der Waals surface area contributed by atoms with Gasteiger partial charge in [0.1, 0.15) is 11.8 Å². The first-order valence-corrected chi connectivity index (χ1v) is 10.9. The average Bonchev–Trinajstić information content (AvgIpc) is 3.53. The summed E-state index contributed by atoms with van der Waals surface area (Å²) in [6, 6.07) is 12.4. The molecule has 3 aliphatic rings. The Hall–Kier alpha value is -3.65. The Morgan fingerprint density at radius 2 is 1.94 bits per heavy atom. The lowest BCUT2D eigenvalue weighted by atomic mass is 10.1. The van der Waals surface area contributed by atoms with Gasteiger partial charge in [-0.1, -0.05) is 30.3 Å². The van der Waals surface area contributed by atoms with E-state index in [9.17, 15) is 0 Å². The first kappa shape index (κ1) is 19.1. The topological polar surface area (TPSA) is 87.1 Å². The van der Waals surface area contributed by atoms with Gasteiger partial charge < -0.3 is 24.7 Å². The van der Waals surface area contributed by atoms with Crippen LogP contribution in [0.3, 0.4) is 0 Å². The van der Waals surface area contributed by atoms with Crippen LogP contribution in [0.15, 0.2) is 65.0 Å². The van der Waals surface area contributed by atoms with Gasteiger partial charge in [-0.3, -0.25) is 4.99 Å². The SMILES string of the molecule is C1=C(c2c[nH]c3ncc(N4CCOCC4)cc23)CN=C(C2=NC[C@@H](c3ccccc3)O2)N1. The van der Waals surface area contributed by atoms with Crippen molar-refractivity contribution < 1.29 is 9.47 Å². The number of anilines is 1. The van der Waals surface area contributed by atoms with Crippen molar-refractivity contribution in [2.75, 3.05) is 44.3 Å². The highest BCUT2D eigenvalue weighted by Gasteiger charge is 2.26. The molecule has 2 aromatic heterocycles. The molecule has 6 rings (SSSR count). The molecule has 3 aliphatic heterocycles. The molecule has 0 bridgehead atoms. The van der Waals surface area contributed by atoms with Crippen molar-refractivity contribution in [1.29, 1.82) is 0 Å². The van der Waals surface area contributed by atoms with E-state index in [4.69, 9.17) is 14.5 Å². The van der Waals surface area contributed by atoms with Crippen LogP contribution >= 0.6 is 0 Å². The van der Waals surface area contributed by atoms with Gasteiger partial charge in [-0.15, -0.1) is 0 Å². The third kappa shape index (κ3) is 3.52. The minimum Gasteiger partial charge on any atom is -0.465 e. The van der Waals surface area contributed by atoms with E-state index < -0.39 is 0 Å². The molecule has 162 valence electrons. The zero-order chi connectivity index (χ0) is 21.3. The Bertz CT molecular complexity index is 1220. The van der Waals surface area contributed by atoms with Crippen molar-refractivity contribution in [3.63, 3.8) is 0 Å². The van der Waals surface area contributed by atoms with E-state index in [0.29, 0.717) is 24.8 Å². The summed E-state index contributed by atoms with van der Waals surface area (Å²) in [7, 11) is 0. The van der Waals surface area contributed by atoms with Crippen molar-refractivity contribution in [2.45, 2.75) is 6.10 Å². The van der Waals surface area contributed by atoms with Crippen LogP contribution in [0.2, 0.25) is 0 Å². The molecule has 8 heteroatoms. The number of hydrogen-bond acceptors (Lipinski definition) is 7. The lowest BCUT2D eigenvalue weighted by molar-refractivity contribution is 0.122. The van der Waals surface area contributed by atoms with Crippen LogP contribution in [-0.4, -0.2) is 61.1 Å². The standard InChI is InChI=1S/C24H24N6O2/c1-2-4-16(5-3-1)21-15-29-24(32-21)23-25-11-17(12-26-23)20-14-28-22-19(20)10-18(13-27-22)30-6-8-31-9-7-30/h1-5,10-11,13-14,21H,6-9,12,15H2,(H,25,26)(H,27,28)/t21-/m0/s1. The zero-order valence-electron chi connectivity index (χ0n) is 17.6. The second-order valence-electron chi connectivity index (χ2n) is 8.03. The molecule has 0 radical (unpaired) electrons. The van der Waals surface area contributed by atoms with Crippen LogP contribution in [0.4, 0.5) is 5.69 Å². The van der Waals surface area contributed by atoms with Gasteiger partial charge in [0.2, 0.25) is 0 Å². The third-order valence-corrected chi connectivity index (χ3v) is 6.06. The number of benzene rings is 1. The van der Waals surface area contributed by atoms with E-state index in [-0.39, 0.29) is 6.10 Å². The van der Waals surface area contributed by atoms with E-state index in [0.717, 1.165) is 59.7 Å². The monoisotopic (exact) mass is 428 g/mol. The molecule has 8 nitrogen and oxygen atoms in total. The Labute approximate surface area is 185 Å². The maximum absolute atomic E-state index is 6.06. The van der Waals surface area contributed by atoms with Crippen molar-refractivity contribution in [3.8, 4) is 0 Å². The number of aromatic amines is 1. The van der Waals surface area contributed by atoms with Crippen molar-refractivity contribution in [3.05, 3.63) is 66.1 Å². The van der Waals surface area contributed by atoms with E-state index in [1.54, 1.807) is 0 Å². The molecule has 32 heavy (non-hydrogen) atoms. The molecule has 2 N–H and O–H groups in total. The fourth-order valence-corrected chi connectivity index (χ4v) is 4.30. The zero-order valence-corrected chi connectivity index (χ0v) is 17.6. The van der Waals surface area contributed by atoms with E-state index in [2.05, 4.69) is 43.4 Å². The Balaban J connectivity index is 1.18. The first-order chi connectivity index (χ1) is 15.8. The highest BCUT2D eigenvalue weighted by Crippen LogP contribution is 2.29. The molecule has 1 aromatic carbocycles. The quantitative estimate of drug-likeness (QED) is 0.667. The van der Waals surface area contributed by atoms with Gasteiger partial charge in [-0.05, 0) is 17.2 Å².